The molecule has 1 heterocycles. The normalized spacial score (nSPS) is 10.4. The Labute approximate surface area is 123 Å². The lowest BCUT2D eigenvalue weighted by molar-refractivity contribution is 0.591. The summed E-state index contributed by atoms with van der Waals surface area (Å²) in [5.74, 6) is -0.150. The standard InChI is InChI=1S/C15H18FN5/c1-2-12-14(16)15(20-10-19-12)21(9-8-13(17)18)11-6-4-3-5-7-11/h3-7,10H,2,8-9H2,1H3,(H3,17,18). The Morgan fingerprint density at radius 2 is 2.00 bits per heavy atom. The molecule has 3 N–H and O–H groups in total. The van der Waals surface area contributed by atoms with E-state index >= 15 is 0 Å². The number of aryl methyl sites for hydroxylation is 1. The van der Waals surface area contributed by atoms with Gasteiger partial charge in [0, 0.05) is 18.7 Å². The molecule has 0 saturated heterocycles. The van der Waals surface area contributed by atoms with E-state index in [0.717, 1.165) is 5.69 Å². The minimum Gasteiger partial charge on any atom is -0.388 e. The van der Waals surface area contributed by atoms with E-state index in [0.29, 0.717) is 25.1 Å². The van der Waals surface area contributed by atoms with Crippen LogP contribution in [0.3, 0.4) is 0 Å². The Balaban J connectivity index is 2.42. The predicted molar refractivity (Wildman–Crippen MR) is 81.3 cm³/mol. The lowest BCUT2D eigenvalue weighted by atomic mass is 10.2. The van der Waals surface area contributed by atoms with Gasteiger partial charge >= 0.3 is 0 Å². The highest BCUT2D eigenvalue weighted by Gasteiger charge is 2.18. The van der Waals surface area contributed by atoms with Gasteiger partial charge in [0.15, 0.2) is 11.6 Å². The molecule has 0 aliphatic heterocycles. The number of benzene rings is 1. The van der Waals surface area contributed by atoms with Crippen molar-refractivity contribution in [1.29, 1.82) is 5.41 Å². The maximum atomic E-state index is 14.5. The Hall–Kier alpha value is -2.50. The van der Waals surface area contributed by atoms with Crippen LogP contribution in [-0.4, -0.2) is 22.3 Å². The fourth-order valence-electron chi connectivity index (χ4n) is 2.03. The topological polar surface area (TPSA) is 78.9 Å². The van der Waals surface area contributed by atoms with Crippen molar-refractivity contribution in [3.05, 3.63) is 48.2 Å². The molecule has 0 aliphatic rings. The number of nitrogens with zero attached hydrogens (tertiary/aromatic N) is 3. The third-order valence-corrected chi connectivity index (χ3v) is 3.11. The highest BCUT2D eigenvalue weighted by Crippen LogP contribution is 2.26. The maximum Gasteiger partial charge on any atom is 0.187 e. The van der Waals surface area contributed by atoms with Crippen LogP contribution >= 0.6 is 0 Å². The van der Waals surface area contributed by atoms with Gasteiger partial charge in [0.1, 0.15) is 6.33 Å². The van der Waals surface area contributed by atoms with E-state index in [-0.39, 0.29) is 11.7 Å². The van der Waals surface area contributed by atoms with Gasteiger partial charge in [-0.25, -0.2) is 14.4 Å². The van der Waals surface area contributed by atoms with Gasteiger partial charge in [0.25, 0.3) is 0 Å². The van der Waals surface area contributed by atoms with E-state index in [1.54, 1.807) is 4.90 Å². The summed E-state index contributed by atoms with van der Waals surface area (Å²) in [4.78, 5) is 9.74. The van der Waals surface area contributed by atoms with Crippen molar-refractivity contribution in [3.63, 3.8) is 0 Å². The molecular weight excluding hydrogens is 269 g/mol. The van der Waals surface area contributed by atoms with Crippen LogP contribution in [0.5, 0.6) is 0 Å². The van der Waals surface area contributed by atoms with E-state index in [1.807, 2.05) is 37.3 Å². The van der Waals surface area contributed by atoms with E-state index in [9.17, 15) is 4.39 Å². The number of nitrogens with one attached hydrogen (secondary N) is 1. The van der Waals surface area contributed by atoms with Gasteiger partial charge in [0.05, 0.1) is 11.5 Å². The minimum atomic E-state index is -0.424. The third-order valence-electron chi connectivity index (χ3n) is 3.11. The molecule has 110 valence electrons. The summed E-state index contributed by atoms with van der Waals surface area (Å²) in [5, 5.41) is 7.37. The summed E-state index contributed by atoms with van der Waals surface area (Å²) in [7, 11) is 0. The van der Waals surface area contributed by atoms with Crippen LogP contribution in [0.25, 0.3) is 0 Å². The molecule has 0 radical (unpaired) electrons. The van der Waals surface area contributed by atoms with Gasteiger partial charge in [-0.1, -0.05) is 25.1 Å². The summed E-state index contributed by atoms with van der Waals surface area (Å²) in [6, 6.07) is 9.37. The summed E-state index contributed by atoms with van der Waals surface area (Å²) in [6.07, 6.45) is 2.19. The van der Waals surface area contributed by atoms with Gasteiger partial charge in [0.2, 0.25) is 0 Å². The second kappa shape index (κ2) is 6.78. The molecule has 0 aliphatic carbocycles. The van der Waals surface area contributed by atoms with Crippen LogP contribution in [0.2, 0.25) is 0 Å². The molecule has 0 bridgehead atoms. The van der Waals surface area contributed by atoms with Crippen molar-refractivity contribution in [2.75, 3.05) is 11.4 Å². The molecule has 0 spiro atoms. The Bertz CT molecular complexity index is 615. The number of aromatic nitrogens is 2. The van der Waals surface area contributed by atoms with Crippen molar-refractivity contribution < 1.29 is 4.39 Å². The second-order valence-electron chi connectivity index (χ2n) is 4.57. The first-order valence-electron chi connectivity index (χ1n) is 6.78. The van der Waals surface area contributed by atoms with Gasteiger partial charge in [-0.15, -0.1) is 0 Å². The van der Waals surface area contributed by atoms with E-state index in [4.69, 9.17) is 11.1 Å². The summed E-state index contributed by atoms with van der Waals surface area (Å²) < 4.78 is 14.5. The molecule has 0 fully saturated rings. The highest BCUT2D eigenvalue weighted by atomic mass is 19.1. The van der Waals surface area contributed by atoms with Crippen LogP contribution in [0, 0.1) is 11.2 Å². The van der Waals surface area contributed by atoms with Crippen LogP contribution in [0.1, 0.15) is 19.0 Å². The van der Waals surface area contributed by atoms with Crippen LogP contribution in [-0.2, 0) is 6.42 Å². The lowest BCUT2D eigenvalue weighted by Gasteiger charge is -2.24. The third kappa shape index (κ3) is 3.53. The SMILES string of the molecule is CCc1ncnc(N(CCC(=N)N)c2ccccc2)c1F. The zero-order valence-electron chi connectivity index (χ0n) is 11.9. The number of hydrogen-bond acceptors (Lipinski definition) is 4. The van der Waals surface area contributed by atoms with Crippen LogP contribution < -0.4 is 10.6 Å². The number of amidine groups is 1. The molecule has 21 heavy (non-hydrogen) atoms. The molecule has 0 atom stereocenters. The number of nitrogens with two attached hydrogens (primary N) is 1. The van der Waals surface area contributed by atoms with Gasteiger partial charge in [-0.3, -0.25) is 5.41 Å². The maximum absolute atomic E-state index is 14.5. The smallest absolute Gasteiger partial charge is 0.187 e. The lowest BCUT2D eigenvalue weighted by Crippen LogP contribution is -2.25. The summed E-state index contributed by atoms with van der Waals surface area (Å²) in [6.45, 7) is 2.23. The molecule has 1 aromatic carbocycles. The van der Waals surface area contributed by atoms with Crippen molar-refractivity contribution in [2.24, 2.45) is 5.73 Å². The molecule has 0 saturated carbocycles. The zero-order valence-corrected chi connectivity index (χ0v) is 11.9. The van der Waals surface area contributed by atoms with Crippen LogP contribution in [0.4, 0.5) is 15.9 Å². The number of anilines is 2. The molecule has 6 heteroatoms. The molecule has 5 nitrogen and oxygen atoms in total. The molecular formula is C15H18FN5. The Morgan fingerprint density at radius 1 is 1.29 bits per heavy atom. The monoisotopic (exact) mass is 287 g/mol. The Morgan fingerprint density at radius 3 is 2.62 bits per heavy atom. The van der Waals surface area contributed by atoms with Gasteiger partial charge in [-0.2, -0.15) is 0 Å². The average molecular weight is 287 g/mol. The van der Waals surface area contributed by atoms with E-state index in [2.05, 4.69) is 9.97 Å². The van der Waals surface area contributed by atoms with Gasteiger partial charge < -0.3 is 10.6 Å². The number of halogens is 1. The van der Waals surface area contributed by atoms with Gasteiger partial charge in [-0.05, 0) is 18.6 Å². The number of rotatable bonds is 6. The number of para-hydroxylation sites is 1. The largest absolute Gasteiger partial charge is 0.388 e. The number of hydrogen-bond donors (Lipinski definition) is 2. The van der Waals surface area contributed by atoms with E-state index < -0.39 is 5.82 Å². The first-order chi connectivity index (χ1) is 10.1. The molecule has 0 amide bonds. The first kappa shape index (κ1) is 14.9. The zero-order chi connectivity index (χ0) is 15.2. The van der Waals surface area contributed by atoms with Crippen molar-refractivity contribution in [3.8, 4) is 0 Å². The molecule has 1 aromatic heterocycles. The minimum absolute atomic E-state index is 0.0566. The summed E-state index contributed by atoms with van der Waals surface area (Å²) in [5.41, 5.74) is 6.60. The quantitative estimate of drug-likeness (QED) is 0.632. The molecule has 2 rings (SSSR count). The highest BCUT2D eigenvalue weighted by molar-refractivity contribution is 5.78. The fourth-order valence-corrected chi connectivity index (χ4v) is 2.03. The van der Waals surface area contributed by atoms with Crippen LogP contribution in [0.15, 0.2) is 36.7 Å². The van der Waals surface area contributed by atoms with Crippen molar-refractivity contribution >= 4 is 17.3 Å². The fraction of sp³-hybridized carbons (Fsp3) is 0.267. The van der Waals surface area contributed by atoms with Crippen molar-refractivity contribution in [2.45, 2.75) is 19.8 Å². The molecule has 2 aromatic rings. The molecule has 0 unspecified atom stereocenters. The second-order valence-corrected chi connectivity index (χ2v) is 4.57. The predicted octanol–water partition coefficient (Wildman–Crippen LogP) is 2.64. The average Bonchev–Trinajstić information content (AvgIpc) is 2.50. The van der Waals surface area contributed by atoms with Crippen molar-refractivity contribution in [1.82, 2.24) is 9.97 Å². The Kier molecular flexibility index (Phi) is 4.81. The summed E-state index contributed by atoms with van der Waals surface area (Å²) >= 11 is 0. The van der Waals surface area contributed by atoms with E-state index in [1.165, 1.54) is 6.33 Å². The first-order valence-corrected chi connectivity index (χ1v) is 6.78.